The number of amides is 1. The molecule has 0 radical (unpaired) electrons. The standard InChI is InChI=1S/C30H35F6N3O4/c1-17(2)39(27(40)20-6-4-18(3)5-7-20)24-14-23(31)25(13-21(24)28(41)42)43-26-22(30(34,35)36)12-19(15-37-26)16-38-10-8-29(32,33)9-11-38/h12-15,17-18,20H,4-11,16H2,1-3H3,(H,41,42). The highest BCUT2D eigenvalue weighted by Crippen LogP contribution is 2.40. The number of hydrogen-bond donors (Lipinski definition) is 1. The van der Waals surface area contributed by atoms with Crippen molar-refractivity contribution in [3.8, 4) is 11.6 Å². The van der Waals surface area contributed by atoms with Gasteiger partial charge in [0.25, 0.3) is 5.92 Å². The zero-order valence-corrected chi connectivity index (χ0v) is 24.2. The minimum atomic E-state index is -4.97. The lowest BCUT2D eigenvalue weighted by Crippen LogP contribution is -2.43. The normalized spacial score (nSPS) is 21.1. The molecule has 1 saturated heterocycles. The first-order valence-corrected chi connectivity index (χ1v) is 14.3. The molecule has 0 unspecified atom stereocenters. The molecular formula is C30H35F6N3O4. The summed E-state index contributed by atoms with van der Waals surface area (Å²) in [6, 6.07) is 1.76. The van der Waals surface area contributed by atoms with Gasteiger partial charge in [-0.1, -0.05) is 6.92 Å². The van der Waals surface area contributed by atoms with Crippen molar-refractivity contribution in [2.75, 3.05) is 18.0 Å². The fraction of sp³-hybridized carbons (Fsp3) is 0.567. The van der Waals surface area contributed by atoms with E-state index >= 15 is 4.39 Å². The number of carbonyl (C=O) groups is 2. The molecule has 2 aliphatic rings. The maximum absolute atomic E-state index is 15.4. The third-order valence-electron chi connectivity index (χ3n) is 8.07. The van der Waals surface area contributed by atoms with E-state index < -0.39 is 65.5 Å². The van der Waals surface area contributed by atoms with E-state index in [2.05, 4.69) is 11.9 Å². The summed E-state index contributed by atoms with van der Waals surface area (Å²) in [6.07, 6.45) is -1.83. The van der Waals surface area contributed by atoms with Crippen LogP contribution >= 0.6 is 0 Å². The Morgan fingerprint density at radius 2 is 1.74 bits per heavy atom. The fourth-order valence-corrected chi connectivity index (χ4v) is 5.61. The maximum Gasteiger partial charge on any atom is 0.421 e. The minimum Gasteiger partial charge on any atom is -0.478 e. The van der Waals surface area contributed by atoms with E-state index in [4.69, 9.17) is 4.74 Å². The van der Waals surface area contributed by atoms with Crippen LogP contribution in [0.5, 0.6) is 11.6 Å². The molecule has 1 saturated carbocycles. The Kier molecular flexibility index (Phi) is 9.63. The molecule has 1 aromatic carbocycles. The first kappa shape index (κ1) is 32.6. The molecule has 1 N–H and O–H groups in total. The van der Waals surface area contributed by atoms with Crippen LogP contribution in [0.25, 0.3) is 0 Å². The second-order valence-electron chi connectivity index (χ2n) is 11.8. The smallest absolute Gasteiger partial charge is 0.421 e. The van der Waals surface area contributed by atoms with E-state index in [9.17, 15) is 36.6 Å². The van der Waals surface area contributed by atoms with Gasteiger partial charge < -0.3 is 14.7 Å². The predicted molar refractivity (Wildman–Crippen MR) is 146 cm³/mol. The largest absolute Gasteiger partial charge is 0.478 e. The van der Waals surface area contributed by atoms with E-state index in [1.165, 1.54) is 4.90 Å². The molecular weight excluding hydrogens is 580 g/mol. The Balaban J connectivity index is 1.64. The number of pyridine rings is 1. The zero-order chi connectivity index (χ0) is 31.7. The average molecular weight is 616 g/mol. The maximum atomic E-state index is 15.4. The predicted octanol–water partition coefficient (Wildman–Crippen LogP) is 7.53. The number of nitrogens with zero attached hydrogens (tertiary/aromatic N) is 3. The number of carboxylic acids is 1. The number of likely N-dealkylation sites (tertiary alicyclic amines) is 1. The number of rotatable bonds is 8. The minimum absolute atomic E-state index is 0.00209. The molecule has 0 spiro atoms. The van der Waals surface area contributed by atoms with Gasteiger partial charge in [-0.25, -0.2) is 22.9 Å². The van der Waals surface area contributed by atoms with E-state index in [0.29, 0.717) is 18.8 Å². The van der Waals surface area contributed by atoms with E-state index in [1.807, 2.05) is 0 Å². The van der Waals surface area contributed by atoms with Crippen molar-refractivity contribution >= 4 is 17.6 Å². The van der Waals surface area contributed by atoms with Gasteiger partial charge in [0, 0.05) is 62.8 Å². The Bertz CT molecular complexity index is 1330. The van der Waals surface area contributed by atoms with Crippen molar-refractivity contribution in [3.63, 3.8) is 0 Å². The quantitative estimate of drug-likeness (QED) is 0.309. The molecule has 2 heterocycles. The molecule has 0 atom stereocenters. The third-order valence-corrected chi connectivity index (χ3v) is 8.07. The molecule has 0 bridgehead atoms. The van der Waals surface area contributed by atoms with Gasteiger partial charge in [-0.15, -0.1) is 0 Å². The molecule has 1 aliphatic carbocycles. The molecule has 2 fully saturated rings. The molecule has 4 rings (SSSR count). The molecule has 1 amide bonds. The molecule has 13 heteroatoms. The number of anilines is 1. The van der Waals surface area contributed by atoms with Gasteiger partial charge in [0.05, 0.1) is 11.3 Å². The summed E-state index contributed by atoms with van der Waals surface area (Å²) in [6.45, 7) is 5.34. The Hall–Kier alpha value is -3.35. The number of carbonyl (C=O) groups excluding carboxylic acids is 1. The number of aromatic carboxylic acids is 1. The molecule has 1 aliphatic heterocycles. The second-order valence-corrected chi connectivity index (χ2v) is 11.8. The Morgan fingerprint density at radius 1 is 1.12 bits per heavy atom. The number of ether oxygens (including phenoxy) is 1. The molecule has 2 aromatic rings. The summed E-state index contributed by atoms with van der Waals surface area (Å²) in [5, 5.41) is 9.95. The monoisotopic (exact) mass is 615 g/mol. The van der Waals surface area contributed by atoms with Gasteiger partial charge in [0.2, 0.25) is 11.8 Å². The van der Waals surface area contributed by atoms with E-state index in [-0.39, 0.29) is 42.7 Å². The van der Waals surface area contributed by atoms with Gasteiger partial charge in [0.15, 0.2) is 11.6 Å². The summed E-state index contributed by atoms with van der Waals surface area (Å²) in [5.41, 5.74) is -1.98. The molecule has 1 aromatic heterocycles. The van der Waals surface area contributed by atoms with E-state index in [1.54, 1.807) is 18.7 Å². The van der Waals surface area contributed by atoms with Gasteiger partial charge in [0.1, 0.15) is 5.56 Å². The second kappa shape index (κ2) is 12.7. The highest BCUT2D eigenvalue weighted by molar-refractivity contribution is 6.03. The van der Waals surface area contributed by atoms with Crippen LogP contribution in [-0.4, -0.2) is 51.9 Å². The number of halogens is 6. The number of carboxylic acid groups (broad SMARTS) is 1. The van der Waals surface area contributed by atoms with Gasteiger partial charge in [-0.2, -0.15) is 13.2 Å². The lowest BCUT2D eigenvalue weighted by atomic mass is 9.82. The lowest BCUT2D eigenvalue weighted by molar-refractivity contribution is -0.139. The summed E-state index contributed by atoms with van der Waals surface area (Å²) < 4.78 is 89.6. The van der Waals surface area contributed by atoms with Crippen molar-refractivity contribution in [3.05, 3.63) is 46.9 Å². The van der Waals surface area contributed by atoms with E-state index in [0.717, 1.165) is 37.2 Å². The van der Waals surface area contributed by atoms with Crippen LogP contribution in [0.4, 0.5) is 32.0 Å². The van der Waals surface area contributed by atoms with Gasteiger partial charge in [-0.3, -0.25) is 9.69 Å². The zero-order valence-electron chi connectivity index (χ0n) is 24.2. The van der Waals surface area contributed by atoms with Gasteiger partial charge in [-0.05, 0) is 57.1 Å². The number of hydrogen-bond acceptors (Lipinski definition) is 5. The van der Waals surface area contributed by atoms with Crippen molar-refractivity contribution in [2.24, 2.45) is 11.8 Å². The average Bonchev–Trinajstić information content (AvgIpc) is 2.91. The van der Waals surface area contributed by atoms with Crippen LogP contribution in [0.1, 0.15) is 80.8 Å². The first-order chi connectivity index (χ1) is 20.1. The van der Waals surface area contributed by atoms with Crippen LogP contribution in [-0.2, 0) is 17.5 Å². The number of piperidine rings is 1. The summed E-state index contributed by atoms with van der Waals surface area (Å²) >= 11 is 0. The van der Waals surface area contributed by atoms with Crippen LogP contribution in [0.15, 0.2) is 24.4 Å². The van der Waals surface area contributed by atoms with Crippen molar-refractivity contribution < 1.29 is 45.8 Å². The summed E-state index contributed by atoms with van der Waals surface area (Å²) in [7, 11) is 0. The SMILES string of the molecule is CC1CCC(C(=O)N(c2cc(F)c(Oc3ncc(CN4CCC(F)(F)CC4)cc3C(F)(F)F)cc2C(=O)O)C(C)C)CC1. The lowest BCUT2D eigenvalue weighted by Gasteiger charge is -2.34. The number of alkyl halides is 5. The molecule has 236 valence electrons. The number of benzene rings is 1. The fourth-order valence-electron chi connectivity index (χ4n) is 5.61. The summed E-state index contributed by atoms with van der Waals surface area (Å²) in [5.74, 6) is -7.57. The highest BCUT2D eigenvalue weighted by atomic mass is 19.4. The summed E-state index contributed by atoms with van der Waals surface area (Å²) in [4.78, 5) is 32.3. The van der Waals surface area contributed by atoms with Crippen LogP contribution in [0, 0.1) is 17.7 Å². The van der Waals surface area contributed by atoms with Crippen molar-refractivity contribution in [1.82, 2.24) is 9.88 Å². The van der Waals surface area contributed by atoms with Gasteiger partial charge >= 0.3 is 12.1 Å². The molecule has 7 nitrogen and oxygen atoms in total. The Morgan fingerprint density at radius 3 is 2.30 bits per heavy atom. The van der Waals surface area contributed by atoms with Crippen LogP contribution in [0.3, 0.4) is 0 Å². The Labute approximate surface area is 245 Å². The van der Waals surface area contributed by atoms with Crippen molar-refractivity contribution in [1.29, 1.82) is 0 Å². The highest BCUT2D eigenvalue weighted by Gasteiger charge is 2.38. The third kappa shape index (κ3) is 7.79. The first-order valence-electron chi connectivity index (χ1n) is 14.3. The van der Waals surface area contributed by atoms with Crippen molar-refractivity contribution in [2.45, 2.75) is 84.0 Å². The molecule has 43 heavy (non-hydrogen) atoms. The number of aromatic nitrogens is 1. The topological polar surface area (TPSA) is 83.0 Å². The van der Waals surface area contributed by atoms with Crippen LogP contribution in [0.2, 0.25) is 0 Å². The van der Waals surface area contributed by atoms with Crippen LogP contribution < -0.4 is 9.64 Å².